The first-order valence-corrected chi connectivity index (χ1v) is 48.6. The Morgan fingerprint density at radius 3 is 0.817 bits per heavy atom. The monoisotopic (exact) mass is 1080 g/mol. The third kappa shape index (κ3) is 20.9. The molecule has 60 heavy (non-hydrogen) atoms. The molecule has 0 amide bonds. The van der Waals surface area contributed by atoms with E-state index in [4.69, 9.17) is 0 Å². The predicted molar refractivity (Wildman–Crippen MR) is 288 cm³/mol. The van der Waals surface area contributed by atoms with Crippen LogP contribution in [-0.4, -0.2) is 36.8 Å². The predicted octanol–water partition coefficient (Wildman–Crippen LogP) is 20.1. The molecule has 4 heteroatoms. The van der Waals surface area contributed by atoms with Crippen molar-refractivity contribution in [1.82, 2.24) is 0 Å². The molecule has 346 valence electrons. The first kappa shape index (κ1) is 55.1. The number of hydrogen-bond donors (Lipinski definition) is 0. The van der Waals surface area contributed by atoms with Crippen molar-refractivity contribution in [3.05, 3.63) is 23.3 Å². The summed E-state index contributed by atoms with van der Waals surface area (Å²) >= 11 is -0.0164. The van der Waals surface area contributed by atoms with Crippen LogP contribution in [-0.2, 0) is 12.8 Å². The molecule has 1 aromatic carbocycles. The van der Waals surface area contributed by atoms with Crippen molar-refractivity contribution < 1.29 is 0 Å². The molecule has 2 heterocycles. The molecule has 0 saturated heterocycles. The van der Waals surface area contributed by atoms with Crippen LogP contribution in [0.25, 0.3) is 20.2 Å². The second kappa shape index (κ2) is 31.6. The van der Waals surface area contributed by atoms with Gasteiger partial charge >= 0.3 is 317 Å². The summed E-state index contributed by atoms with van der Waals surface area (Å²) < 4.78 is 7.14. The van der Waals surface area contributed by atoms with Gasteiger partial charge in [0.25, 0.3) is 0 Å². The molecule has 0 N–H and O–H groups in total. The molecule has 3 rings (SSSR count). The third-order valence-electron chi connectivity index (χ3n) is 14.0. The van der Waals surface area contributed by atoms with E-state index in [0.717, 1.165) is 11.8 Å². The van der Waals surface area contributed by atoms with Crippen molar-refractivity contribution in [1.29, 1.82) is 0 Å². The first-order chi connectivity index (χ1) is 28.9. The zero-order valence-corrected chi connectivity index (χ0v) is 49.5. The fourth-order valence-corrected chi connectivity index (χ4v) is 22.8. The molecular formula is C56H102S2Sn2. The molecule has 0 aliphatic rings. The maximum atomic E-state index is 2.83. The molecule has 0 aliphatic carbocycles. The van der Waals surface area contributed by atoms with Crippen LogP contribution in [0, 0.1) is 11.8 Å². The van der Waals surface area contributed by atoms with Crippen LogP contribution >= 0.6 is 22.7 Å². The van der Waals surface area contributed by atoms with Crippen molar-refractivity contribution >= 4 is 85.4 Å². The molecule has 0 bridgehead atoms. The Labute approximate surface area is 392 Å². The van der Waals surface area contributed by atoms with Crippen molar-refractivity contribution in [3.8, 4) is 0 Å². The van der Waals surface area contributed by atoms with Crippen molar-refractivity contribution in [2.45, 2.75) is 276 Å². The van der Waals surface area contributed by atoms with Crippen LogP contribution in [0.15, 0.2) is 12.1 Å². The molecule has 2 aromatic heterocycles. The maximum absolute atomic E-state index is 2.83. The van der Waals surface area contributed by atoms with Crippen molar-refractivity contribution in [2.24, 2.45) is 11.8 Å². The van der Waals surface area contributed by atoms with E-state index in [1.165, 1.54) is 218 Å². The summed E-state index contributed by atoms with van der Waals surface area (Å²) in [4.78, 5) is 16.1. The van der Waals surface area contributed by atoms with Gasteiger partial charge in [-0.2, -0.15) is 0 Å². The van der Waals surface area contributed by atoms with Crippen molar-refractivity contribution in [2.75, 3.05) is 0 Å². The number of benzene rings is 1. The first-order valence-electron chi connectivity index (χ1n) is 27.0. The third-order valence-corrected chi connectivity index (χ3v) is 35.2. The molecule has 3 aromatic rings. The van der Waals surface area contributed by atoms with E-state index in [2.05, 4.69) is 92.1 Å². The van der Waals surface area contributed by atoms with Gasteiger partial charge in [-0.3, -0.25) is 0 Å². The van der Waals surface area contributed by atoms with E-state index in [9.17, 15) is 0 Å². The summed E-state index contributed by atoms with van der Waals surface area (Å²) in [6.45, 7) is 9.41. The summed E-state index contributed by atoms with van der Waals surface area (Å²) in [7, 11) is 0. The van der Waals surface area contributed by atoms with Crippen LogP contribution in [0.5, 0.6) is 0 Å². The molecular weight excluding hydrogens is 974 g/mol. The minimum absolute atomic E-state index is 0.834. The average Bonchev–Trinajstić information content (AvgIpc) is 3.87. The molecule has 0 aliphatic heterocycles. The van der Waals surface area contributed by atoms with E-state index in [1.807, 2.05) is 5.79 Å². The molecule has 0 saturated carbocycles. The van der Waals surface area contributed by atoms with E-state index in [0.29, 0.717) is 0 Å². The van der Waals surface area contributed by atoms with Gasteiger partial charge in [-0.1, -0.05) is 79.1 Å². The van der Waals surface area contributed by atoms with E-state index < -0.39 is 36.8 Å². The Kier molecular flexibility index (Phi) is 29.0. The van der Waals surface area contributed by atoms with E-state index >= 15 is 0 Å². The molecule has 0 spiro atoms. The van der Waals surface area contributed by atoms with Gasteiger partial charge in [0, 0.05) is 0 Å². The number of rotatable bonds is 38. The standard InChI is InChI=1S/C50H84S2.6CH3.2Sn/c1-5-9-13-17-21-23-27-31-35-43(33-29-25-19-15-11-7-3)41-47-45-37-39-52-50(45)48(46-38-40-51-49(46)47)42-44(34-30-26-20-16-12-8-4)36-32-28-24-22-18-14-10-6-2;;;;;;;;/h37-38,43-44H,5-36,41-42H2,1-4H3;6*1H3;;. The number of thiophene rings is 2. The van der Waals surface area contributed by atoms with Gasteiger partial charge in [0.2, 0.25) is 0 Å². The zero-order chi connectivity index (χ0) is 43.6. The summed E-state index contributed by atoms with van der Waals surface area (Å²) in [5.41, 5.74) is 3.61. The molecule has 0 nitrogen and oxygen atoms in total. The van der Waals surface area contributed by atoms with Crippen LogP contribution in [0.4, 0.5) is 0 Å². The Balaban J connectivity index is 2.01. The Morgan fingerprint density at radius 2 is 0.583 bits per heavy atom. The Bertz CT molecular complexity index is 1350. The fourth-order valence-electron chi connectivity index (χ4n) is 9.90. The SMILES string of the molecule is CCCCCCCCCCC(CCCCCCCC)Cc1c2c[c]([Sn]([CH3])([CH3])[CH3])sc2c(CC(CCCCCCCC)CCCCCCCCCC)c2c[c]([Sn]([CH3])([CH3])[CH3])sc12. The van der Waals surface area contributed by atoms with Gasteiger partial charge in [0.05, 0.1) is 0 Å². The van der Waals surface area contributed by atoms with Gasteiger partial charge < -0.3 is 0 Å². The molecule has 2 unspecified atom stereocenters. The summed E-state index contributed by atoms with van der Waals surface area (Å²) in [6, 6.07) is 5.65. The summed E-state index contributed by atoms with van der Waals surface area (Å²) in [5.74, 6) is 1.67. The van der Waals surface area contributed by atoms with Crippen LogP contribution in [0.3, 0.4) is 0 Å². The van der Waals surface area contributed by atoms with Gasteiger partial charge in [-0.05, 0) is 0 Å². The molecule has 0 fully saturated rings. The van der Waals surface area contributed by atoms with Gasteiger partial charge in [0.15, 0.2) is 0 Å². The fraction of sp³-hybridized carbons (Fsp3) is 0.821. The Morgan fingerprint density at radius 1 is 0.350 bits per heavy atom. The van der Waals surface area contributed by atoms with E-state index in [1.54, 1.807) is 31.3 Å². The molecule has 0 radical (unpaired) electrons. The topological polar surface area (TPSA) is 0 Å². The Hall–Kier alpha value is 0.737. The van der Waals surface area contributed by atoms with Crippen LogP contribution in [0.1, 0.15) is 244 Å². The molecule has 2 atom stereocenters. The van der Waals surface area contributed by atoms with Gasteiger partial charge in [-0.25, -0.2) is 0 Å². The number of unbranched alkanes of at least 4 members (excludes halogenated alkanes) is 24. The number of fused-ring (bicyclic) bond motifs is 2. The second-order valence-electron chi connectivity index (χ2n) is 21.9. The quantitative estimate of drug-likeness (QED) is 0.0396. The zero-order valence-electron chi connectivity index (χ0n) is 42.2. The van der Waals surface area contributed by atoms with Gasteiger partial charge in [-0.15, -0.1) is 0 Å². The number of hydrogen-bond acceptors (Lipinski definition) is 2. The average molecular weight is 1080 g/mol. The summed E-state index contributed by atoms with van der Waals surface area (Å²) in [5, 5.41) is 3.46. The summed E-state index contributed by atoms with van der Waals surface area (Å²) in [6.07, 6.45) is 48.5. The van der Waals surface area contributed by atoms with Crippen LogP contribution < -0.4 is 5.79 Å². The normalized spacial score (nSPS) is 13.6. The van der Waals surface area contributed by atoms with Crippen molar-refractivity contribution in [3.63, 3.8) is 0 Å². The van der Waals surface area contributed by atoms with E-state index in [-0.39, 0.29) is 0 Å². The van der Waals surface area contributed by atoms with Gasteiger partial charge in [0.1, 0.15) is 0 Å². The van der Waals surface area contributed by atoms with Crippen LogP contribution in [0.2, 0.25) is 29.6 Å². The minimum atomic E-state index is -2.31. The second-order valence-corrected chi connectivity index (χ2v) is 54.9.